The maximum atomic E-state index is 4.77. The van der Waals surface area contributed by atoms with Crippen LogP contribution < -0.4 is 10.6 Å². The van der Waals surface area contributed by atoms with E-state index in [9.17, 15) is 0 Å². The van der Waals surface area contributed by atoms with E-state index >= 15 is 0 Å². The molecule has 2 aliphatic heterocycles. The first-order valence-corrected chi connectivity index (χ1v) is 10.8. The second-order valence-electron chi connectivity index (χ2n) is 8.27. The third-order valence-corrected chi connectivity index (χ3v) is 6.34. The molecule has 4 rings (SSSR count). The number of aromatic nitrogens is 3. The van der Waals surface area contributed by atoms with Crippen LogP contribution in [0.1, 0.15) is 49.8 Å². The summed E-state index contributed by atoms with van der Waals surface area (Å²) in [6.45, 7) is 6.52. The van der Waals surface area contributed by atoms with Crippen LogP contribution in [0.2, 0.25) is 0 Å². The molecule has 7 heteroatoms. The van der Waals surface area contributed by atoms with Crippen molar-refractivity contribution in [2.75, 3.05) is 6.54 Å². The molecule has 2 atom stereocenters. The van der Waals surface area contributed by atoms with Gasteiger partial charge in [-0.15, -0.1) is 10.2 Å². The number of benzene rings is 1. The van der Waals surface area contributed by atoms with Crippen molar-refractivity contribution >= 4 is 5.96 Å². The minimum absolute atomic E-state index is 0.471. The number of hydrogen-bond donors (Lipinski definition) is 2. The van der Waals surface area contributed by atoms with Gasteiger partial charge in [0.05, 0.1) is 0 Å². The van der Waals surface area contributed by atoms with E-state index in [0.29, 0.717) is 24.7 Å². The van der Waals surface area contributed by atoms with Gasteiger partial charge in [0.2, 0.25) is 0 Å². The van der Waals surface area contributed by atoms with E-state index in [4.69, 9.17) is 4.99 Å². The molecule has 2 unspecified atom stereocenters. The smallest absolute Gasteiger partial charge is 0.191 e. The highest BCUT2D eigenvalue weighted by Crippen LogP contribution is 2.36. The highest BCUT2D eigenvalue weighted by Gasteiger charge is 2.40. The maximum Gasteiger partial charge on any atom is 0.191 e. The molecular weight excluding hydrogens is 362 g/mol. The Bertz CT molecular complexity index is 815. The quantitative estimate of drug-likeness (QED) is 0.580. The molecule has 0 saturated carbocycles. The fourth-order valence-electron chi connectivity index (χ4n) is 4.70. The molecule has 0 amide bonds. The molecule has 2 saturated heterocycles. The lowest BCUT2D eigenvalue weighted by molar-refractivity contribution is 0.114. The molecule has 156 valence electrons. The Kier molecular flexibility index (Phi) is 6.13. The fourth-order valence-corrected chi connectivity index (χ4v) is 4.70. The molecule has 0 spiro atoms. The van der Waals surface area contributed by atoms with Crippen molar-refractivity contribution in [3.63, 3.8) is 0 Å². The zero-order valence-corrected chi connectivity index (χ0v) is 17.8. The summed E-state index contributed by atoms with van der Waals surface area (Å²) in [7, 11) is 1.99. The molecule has 7 nitrogen and oxygen atoms in total. The first-order chi connectivity index (χ1) is 14.1. The van der Waals surface area contributed by atoms with E-state index in [1.807, 2.05) is 18.5 Å². The average molecular weight is 396 g/mol. The van der Waals surface area contributed by atoms with E-state index in [-0.39, 0.29) is 0 Å². The van der Waals surface area contributed by atoms with Crippen molar-refractivity contribution in [3.05, 3.63) is 47.5 Å². The van der Waals surface area contributed by atoms with Crippen molar-refractivity contribution in [1.82, 2.24) is 30.3 Å². The van der Waals surface area contributed by atoms with Crippen LogP contribution in [0.25, 0.3) is 0 Å². The highest BCUT2D eigenvalue weighted by atomic mass is 15.3. The van der Waals surface area contributed by atoms with Gasteiger partial charge < -0.3 is 15.2 Å². The van der Waals surface area contributed by atoms with Gasteiger partial charge in [0.1, 0.15) is 12.4 Å². The van der Waals surface area contributed by atoms with Crippen molar-refractivity contribution < 1.29 is 0 Å². The molecule has 2 aliphatic rings. The van der Waals surface area contributed by atoms with Crippen LogP contribution >= 0.6 is 0 Å². The number of rotatable bonds is 6. The number of guanidine groups is 1. The van der Waals surface area contributed by atoms with Crippen LogP contribution in [-0.2, 0) is 20.1 Å². The zero-order chi connectivity index (χ0) is 20.2. The van der Waals surface area contributed by atoms with Gasteiger partial charge in [-0.1, -0.05) is 30.3 Å². The van der Waals surface area contributed by atoms with Gasteiger partial charge in [0.25, 0.3) is 0 Å². The van der Waals surface area contributed by atoms with Crippen LogP contribution in [0.5, 0.6) is 0 Å². The van der Waals surface area contributed by atoms with Gasteiger partial charge in [-0.05, 0) is 45.1 Å². The zero-order valence-electron chi connectivity index (χ0n) is 17.8. The molecule has 1 aromatic carbocycles. The number of fused-ring (bicyclic) bond motifs is 2. The SMILES string of the molecule is CCNC(=NCc1nnc(C)n1C)NC1CC2CCC(C1)N2Cc1ccccc1. The lowest BCUT2D eigenvalue weighted by Gasteiger charge is -2.39. The normalized spacial score (nSPS) is 24.7. The first-order valence-electron chi connectivity index (χ1n) is 10.8. The van der Waals surface area contributed by atoms with Gasteiger partial charge in [0, 0.05) is 38.3 Å². The molecule has 0 aliphatic carbocycles. The Labute approximate surface area is 173 Å². The van der Waals surface area contributed by atoms with Crippen LogP contribution in [0.4, 0.5) is 0 Å². The number of aryl methyl sites for hydroxylation is 1. The lowest BCUT2D eigenvalue weighted by Crippen LogP contribution is -2.52. The van der Waals surface area contributed by atoms with Crippen LogP contribution in [0.15, 0.2) is 35.3 Å². The second kappa shape index (κ2) is 8.95. The van der Waals surface area contributed by atoms with Gasteiger partial charge in [-0.25, -0.2) is 4.99 Å². The summed E-state index contributed by atoms with van der Waals surface area (Å²) >= 11 is 0. The summed E-state index contributed by atoms with van der Waals surface area (Å²) in [6.07, 6.45) is 4.97. The highest BCUT2D eigenvalue weighted by molar-refractivity contribution is 5.80. The van der Waals surface area contributed by atoms with Crippen LogP contribution in [0, 0.1) is 6.92 Å². The van der Waals surface area contributed by atoms with E-state index in [1.165, 1.54) is 31.2 Å². The number of nitrogens with zero attached hydrogens (tertiary/aromatic N) is 5. The van der Waals surface area contributed by atoms with Crippen molar-refractivity contribution in [2.45, 2.75) is 70.7 Å². The first kappa shape index (κ1) is 19.9. The number of aliphatic imine (C=N–C) groups is 1. The maximum absolute atomic E-state index is 4.77. The van der Waals surface area contributed by atoms with E-state index < -0.39 is 0 Å². The summed E-state index contributed by atoms with van der Waals surface area (Å²) < 4.78 is 2.00. The molecule has 2 bridgehead atoms. The summed E-state index contributed by atoms with van der Waals surface area (Å²) in [5.74, 6) is 2.68. The summed E-state index contributed by atoms with van der Waals surface area (Å²) in [5.41, 5.74) is 1.42. The van der Waals surface area contributed by atoms with E-state index in [2.05, 4.69) is 63.0 Å². The fraction of sp³-hybridized carbons (Fsp3) is 0.591. The predicted molar refractivity (Wildman–Crippen MR) is 116 cm³/mol. The third kappa shape index (κ3) is 4.61. The molecule has 1 aromatic heterocycles. The van der Waals surface area contributed by atoms with E-state index in [0.717, 1.165) is 30.7 Å². The standard InChI is InChI=1S/C22H33N7/c1-4-23-22(24-14-21-27-26-16(2)28(21)3)25-18-12-19-10-11-20(13-18)29(19)15-17-8-6-5-7-9-17/h5-9,18-20H,4,10-15H2,1-3H3,(H2,23,24,25). The van der Waals surface area contributed by atoms with Crippen LogP contribution in [-0.4, -0.2) is 50.3 Å². The molecule has 29 heavy (non-hydrogen) atoms. The summed E-state index contributed by atoms with van der Waals surface area (Å²) in [6, 6.07) is 12.7. The lowest BCUT2D eigenvalue weighted by atomic mass is 9.96. The molecule has 2 fully saturated rings. The Hall–Kier alpha value is -2.41. The number of nitrogens with one attached hydrogen (secondary N) is 2. The minimum atomic E-state index is 0.471. The number of piperidine rings is 1. The van der Waals surface area contributed by atoms with E-state index in [1.54, 1.807) is 0 Å². The summed E-state index contributed by atoms with van der Waals surface area (Å²) in [4.78, 5) is 7.49. The third-order valence-electron chi connectivity index (χ3n) is 6.34. The van der Waals surface area contributed by atoms with Gasteiger partial charge in [-0.3, -0.25) is 4.90 Å². The van der Waals surface area contributed by atoms with Crippen molar-refractivity contribution in [3.8, 4) is 0 Å². The molecule has 3 heterocycles. The Balaban J connectivity index is 1.37. The number of hydrogen-bond acceptors (Lipinski definition) is 4. The van der Waals surface area contributed by atoms with Crippen molar-refractivity contribution in [2.24, 2.45) is 12.0 Å². The van der Waals surface area contributed by atoms with Gasteiger partial charge in [-0.2, -0.15) is 0 Å². The molecular formula is C22H33N7. The topological polar surface area (TPSA) is 70.4 Å². The summed E-state index contributed by atoms with van der Waals surface area (Å²) in [5, 5.41) is 15.4. The molecule has 2 aromatic rings. The Morgan fingerprint density at radius 2 is 1.86 bits per heavy atom. The largest absolute Gasteiger partial charge is 0.357 e. The van der Waals surface area contributed by atoms with Gasteiger partial charge >= 0.3 is 0 Å². The van der Waals surface area contributed by atoms with Crippen molar-refractivity contribution in [1.29, 1.82) is 0 Å². The minimum Gasteiger partial charge on any atom is -0.357 e. The Morgan fingerprint density at radius 3 is 2.48 bits per heavy atom. The molecule has 0 radical (unpaired) electrons. The average Bonchev–Trinajstić information content (AvgIpc) is 3.15. The second-order valence-corrected chi connectivity index (χ2v) is 8.27. The molecule has 2 N–H and O–H groups in total. The van der Waals surface area contributed by atoms with Gasteiger partial charge in [0.15, 0.2) is 11.8 Å². The Morgan fingerprint density at radius 1 is 1.14 bits per heavy atom. The predicted octanol–water partition coefficient (Wildman–Crippen LogP) is 2.37. The monoisotopic (exact) mass is 395 g/mol. The van der Waals surface area contributed by atoms with Crippen LogP contribution in [0.3, 0.4) is 0 Å².